The van der Waals surface area contributed by atoms with E-state index in [1.54, 1.807) is 6.07 Å². The van der Waals surface area contributed by atoms with Crippen molar-refractivity contribution >= 4 is 21.6 Å². The third kappa shape index (κ3) is 4.05. The van der Waals surface area contributed by atoms with Crippen LogP contribution < -0.4 is 10.2 Å². The minimum Gasteiger partial charge on any atom is -0.365 e. The van der Waals surface area contributed by atoms with Crippen molar-refractivity contribution in [3.63, 3.8) is 0 Å². The van der Waals surface area contributed by atoms with Crippen molar-refractivity contribution in [2.24, 2.45) is 0 Å². The molecule has 0 saturated carbocycles. The minimum atomic E-state index is -0.178. The zero-order valence-electron chi connectivity index (χ0n) is 12.4. The lowest BCUT2D eigenvalue weighted by Gasteiger charge is -2.24. The molecule has 0 atom stereocenters. The van der Waals surface area contributed by atoms with Crippen LogP contribution in [0.1, 0.15) is 18.1 Å². The van der Waals surface area contributed by atoms with Gasteiger partial charge >= 0.3 is 0 Å². The van der Waals surface area contributed by atoms with Crippen LogP contribution in [0.25, 0.3) is 0 Å². The van der Waals surface area contributed by atoms with Crippen LogP contribution in [0.3, 0.4) is 0 Å². The van der Waals surface area contributed by atoms with Crippen LogP contribution in [0.5, 0.6) is 0 Å². The first-order valence-corrected chi connectivity index (χ1v) is 7.86. The van der Waals surface area contributed by atoms with Crippen LogP contribution in [-0.4, -0.2) is 13.6 Å². The quantitative estimate of drug-likeness (QED) is 0.833. The Balaban J connectivity index is 2.21. The molecular formula is C17H20BrFN2. The minimum absolute atomic E-state index is 0.178. The maximum Gasteiger partial charge on any atom is 0.146 e. The number of para-hydroxylation sites is 1. The summed E-state index contributed by atoms with van der Waals surface area (Å²) in [5, 5.41) is 3.14. The van der Waals surface area contributed by atoms with Crippen LogP contribution in [0.2, 0.25) is 0 Å². The summed E-state index contributed by atoms with van der Waals surface area (Å²) in [7, 11) is 1.93. The number of hydrogen-bond donors (Lipinski definition) is 1. The largest absolute Gasteiger partial charge is 0.365 e. The SMILES string of the molecule is CCN(Cc1ccc(CNC)cc1Br)c1ccccc1F. The third-order valence-corrected chi connectivity index (χ3v) is 4.17. The van der Waals surface area contributed by atoms with Gasteiger partial charge in [-0.25, -0.2) is 4.39 Å². The summed E-state index contributed by atoms with van der Waals surface area (Å²) in [4.78, 5) is 2.03. The lowest BCUT2D eigenvalue weighted by molar-refractivity contribution is 0.618. The van der Waals surface area contributed by atoms with E-state index in [9.17, 15) is 4.39 Å². The molecular weight excluding hydrogens is 331 g/mol. The molecule has 0 radical (unpaired) electrons. The molecule has 4 heteroatoms. The Bertz CT molecular complexity index is 601. The molecule has 0 bridgehead atoms. The summed E-state index contributed by atoms with van der Waals surface area (Å²) in [5.74, 6) is -0.178. The number of hydrogen-bond acceptors (Lipinski definition) is 2. The molecule has 0 amide bonds. The van der Waals surface area contributed by atoms with E-state index in [0.29, 0.717) is 12.2 Å². The topological polar surface area (TPSA) is 15.3 Å². The standard InChI is InChI=1S/C17H20BrFN2/c1-3-21(17-7-5-4-6-16(17)19)12-14-9-8-13(11-20-2)10-15(14)18/h4-10,20H,3,11-12H2,1-2H3. The number of nitrogens with one attached hydrogen (secondary N) is 1. The van der Waals surface area contributed by atoms with Gasteiger partial charge in [-0.2, -0.15) is 0 Å². The number of halogens is 2. The highest BCUT2D eigenvalue weighted by molar-refractivity contribution is 9.10. The summed E-state index contributed by atoms with van der Waals surface area (Å²) >= 11 is 3.62. The average molecular weight is 351 g/mol. The zero-order valence-corrected chi connectivity index (χ0v) is 14.0. The van der Waals surface area contributed by atoms with Gasteiger partial charge in [0.05, 0.1) is 5.69 Å². The van der Waals surface area contributed by atoms with Gasteiger partial charge in [0.15, 0.2) is 0 Å². The number of benzene rings is 2. The first-order valence-electron chi connectivity index (χ1n) is 7.07. The predicted octanol–water partition coefficient (Wildman–Crippen LogP) is 4.33. The molecule has 0 aliphatic heterocycles. The van der Waals surface area contributed by atoms with E-state index >= 15 is 0 Å². The molecule has 0 aromatic heterocycles. The van der Waals surface area contributed by atoms with Gasteiger partial charge in [-0.1, -0.05) is 40.2 Å². The van der Waals surface area contributed by atoms with E-state index in [1.807, 2.05) is 31.0 Å². The fourth-order valence-corrected chi connectivity index (χ4v) is 2.87. The van der Waals surface area contributed by atoms with E-state index in [2.05, 4.69) is 39.4 Å². The molecule has 2 nitrogen and oxygen atoms in total. The van der Waals surface area contributed by atoms with Crippen LogP contribution >= 0.6 is 15.9 Å². The van der Waals surface area contributed by atoms with Crippen LogP contribution in [0.4, 0.5) is 10.1 Å². The molecule has 0 aliphatic rings. The molecule has 2 aromatic carbocycles. The summed E-state index contributed by atoms with van der Waals surface area (Å²) < 4.78 is 15.0. The fourth-order valence-electron chi connectivity index (χ4n) is 2.31. The molecule has 0 fully saturated rings. The van der Waals surface area contributed by atoms with Gasteiger partial charge in [0.2, 0.25) is 0 Å². The molecule has 0 unspecified atom stereocenters. The Morgan fingerprint density at radius 1 is 1.19 bits per heavy atom. The first kappa shape index (κ1) is 16.0. The first-order chi connectivity index (χ1) is 10.2. The summed E-state index contributed by atoms with van der Waals surface area (Å²) in [6, 6.07) is 13.2. The van der Waals surface area contributed by atoms with Gasteiger partial charge in [0, 0.05) is 24.1 Å². The third-order valence-electron chi connectivity index (χ3n) is 3.43. The Hall–Kier alpha value is -1.39. The Labute approximate surface area is 134 Å². The van der Waals surface area contributed by atoms with Crippen molar-refractivity contribution in [1.82, 2.24) is 5.32 Å². The number of nitrogens with zero attached hydrogens (tertiary/aromatic N) is 1. The van der Waals surface area contributed by atoms with Gasteiger partial charge in [0.1, 0.15) is 5.82 Å². The second-order valence-electron chi connectivity index (χ2n) is 4.92. The molecule has 21 heavy (non-hydrogen) atoms. The average Bonchev–Trinajstić information content (AvgIpc) is 2.48. The normalized spacial score (nSPS) is 10.7. The van der Waals surface area contributed by atoms with E-state index in [4.69, 9.17) is 0 Å². The van der Waals surface area contributed by atoms with Gasteiger partial charge in [-0.3, -0.25) is 0 Å². The van der Waals surface area contributed by atoms with Gasteiger partial charge in [-0.05, 0) is 43.3 Å². The highest BCUT2D eigenvalue weighted by atomic mass is 79.9. The summed E-state index contributed by atoms with van der Waals surface area (Å²) in [6.07, 6.45) is 0. The van der Waals surface area contributed by atoms with E-state index in [-0.39, 0.29) is 5.82 Å². The van der Waals surface area contributed by atoms with E-state index in [1.165, 1.54) is 11.6 Å². The Kier molecular flexibility index (Phi) is 5.76. The molecule has 0 heterocycles. The highest BCUT2D eigenvalue weighted by Gasteiger charge is 2.11. The van der Waals surface area contributed by atoms with Gasteiger partial charge in [0.25, 0.3) is 0 Å². The molecule has 0 spiro atoms. The fraction of sp³-hybridized carbons (Fsp3) is 0.294. The summed E-state index contributed by atoms with van der Waals surface area (Å²) in [6.45, 7) is 4.31. The second kappa shape index (κ2) is 7.57. The Morgan fingerprint density at radius 2 is 1.95 bits per heavy atom. The lowest BCUT2D eigenvalue weighted by atomic mass is 10.1. The van der Waals surface area contributed by atoms with E-state index < -0.39 is 0 Å². The smallest absolute Gasteiger partial charge is 0.146 e. The molecule has 2 aromatic rings. The van der Waals surface area contributed by atoms with Gasteiger partial charge in [-0.15, -0.1) is 0 Å². The maximum atomic E-state index is 13.9. The number of rotatable bonds is 6. The van der Waals surface area contributed by atoms with Crippen molar-refractivity contribution in [2.75, 3.05) is 18.5 Å². The lowest BCUT2D eigenvalue weighted by Crippen LogP contribution is -2.23. The predicted molar refractivity (Wildman–Crippen MR) is 90.0 cm³/mol. The van der Waals surface area contributed by atoms with Crippen LogP contribution in [-0.2, 0) is 13.1 Å². The monoisotopic (exact) mass is 350 g/mol. The van der Waals surface area contributed by atoms with Crippen molar-refractivity contribution < 1.29 is 4.39 Å². The number of anilines is 1. The van der Waals surface area contributed by atoms with Crippen LogP contribution in [0.15, 0.2) is 46.9 Å². The van der Waals surface area contributed by atoms with Crippen molar-refractivity contribution in [3.05, 3.63) is 63.9 Å². The summed E-state index contributed by atoms with van der Waals surface area (Å²) in [5.41, 5.74) is 3.02. The molecule has 112 valence electrons. The van der Waals surface area contributed by atoms with Crippen LogP contribution in [0, 0.1) is 5.82 Å². The van der Waals surface area contributed by atoms with Gasteiger partial charge < -0.3 is 10.2 Å². The van der Waals surface area contributed by atoms with Crippen molar-refractivity contribution in [2.45, 2.75) is 20.0 Å². The highest BCUT2D eigenvalue weighted by Crippen LogP contribution is 2.25. The molecule has 0 aliphatic carbocycles. The Morgan fingerprint density at radius 3 is 2.57 bits per heavy atom. The van der Waals surface area contributed by atoms with Crippen molar-refractivity contribution in [1.29, 1.82) is 0 Å². The molecule has 1 N–H and O–H groups in total. The zero-order chi connectivity index (χ0) is 15.2. The molecule has 2 rings (SSSR count). The van der Waals surface area contributed by atoms with E-state index in [0.717, 1.165) is 23.1 Å². The van der Waals surface area contributed by atoms with Crippen molar-refractivity contribution in [3.8, 4) is 0 Å². The molecule has 0 saturated heterocycles. The second-order valence-corrected chi connectivity index (χ2v) is 5.78. The maximum absolute atomic E-state index is 13.9.